The fourth-order valence-electron chi connectivity index (χ4n) is 3.64. The minimum absolute atomic E-state index is 0.0488. The molecule has 0 aliphatic rings. The average Bonchev–Trinajstić information content (AvgIpc) is 2.85. The van der Waals surface area contributed by atoms with Crippen molar-refractivity contribution < 1.29 is 22.6 Å². The van der Waals surface area contributed by atoms with E-state index in [0.29, 0.717) is 22.9 Å². The van der Waals surface area contributed by atoms with Crippen LogP contribution in [0.4, 0.5) is 5.69 Å². The van der Waals surface area contributed by atoms with Crippen molar-refractivity contribution >= 4 is 27.9 Å². The lowest BCUT2D eigenvalue weighted by Gasteiger charge is -2.22. The Bertz CT molecular complexity index is 1280. The number of hydrogen-bond donors (Lipinski definition) is 0. The van der Waals surface area contributed by atoms with Gasteiger partial charge in [0.15, 0.2) is 11.5 Å². The van der Waals surface area contributed by atoms with E-state index in [-0.39, 0.29) is 10.3 Å². The van der Waals surface area contributed by atoms with E-state index in [9.17, 15) is 8.42 Å². The molecule has 0 unspecified atom stereocenters. The minimum atomic E-state index is -3.70. The highest BCUT2D eigenvalue weighted by Crippen LogP contribution is 2.38. The second-order valence-corrected chi connectivity index (χ2v) is 11.1. The molecule has 0 fully saturated rings. The Balaban J connectivity index is 1.88. The van der Waals surface area contributed by atoms with Crippen LogP contribution in [-0.4, -0.2) is 36.8 Å². The number of ether oxygens (including phenoxy) is 3. The molecule has 0 N–H and O–H groups in total. The van der Waals surface area contributed by atoms with Crippen LogP contribution in [0.25, 0.3) is 12.2 Å². The van der Waals surface area contributed by atoms with Gasteiger partial charge in [0.05, 0.1) is 31.9 Å². The minimum Gasteiger partial charge on any atom is -0.493 e. The molecule has 7 heteroatoms. The molecular formula is C28H33NO5S. The Hall–Kier alpha value is -3.45. The number of hydrogen-bond acceptors (Lipinski definition) is 5. The summed E-state index contributed by atoms with van der Waals surface area (Å²) in [5, 5.41) is 0. The van der Waals surface area contributed by atoms with Gasteiger partial charge in [-0.3, -0.25) is 4.31 Å². The highest BCUT2D eigenvalue weighted by atomic mass is 32.2. The number of rotatable bonds is 8. The molecule has 0 spiro atoms. The smallest absolute Gasteiger partial charge is 0.264 e. The van der Waals surface area contributed by atoms with Crippen molar-refractivity contribution in [2.45, 2.75) is 31.1 Å². The summed E-state index contributed by atoms with van der Waals surface area (Å²) in [4.78, 5) is 0.256. The molecule has 6 nitrogen and oxygen atoms in total. The van der Waals surface area contributed by atoms with Gasteiger partial charge >= 0.3 is 0 Å². The summed E-state index contributed by atoms with van der Waals surface area (Å²) in [6, 6.07) is 18.1. The molecule has 0 aliphatic carbocycles. The zero-order valence-electron chi connectivity index (χ0n) is 21.3. The maximum atomic E-state index is 13.3. The van der Waals surface area contributed by atoms with Crippen LogP contribution in [0.1, 0.15) is 37.5 Å². The van der Waals surface area contributed by atoms with Gasteiger partial charge in [-0.2, -0.15) is 0 Å². The van der Waals surface area contributed by atoms with Gasteiger partial charge in [0, 0.05) is 7.05 Å². The zero-order chi connectivity index (χ0) is 25.8. The third-order valence-electron chi connectivity index (χ3n) is 5.77. The highest BCUT2D eigenvalue weighted by molar-refractivity contribution is 7.92. The summed E-state index contributed by atoms with van der Waals surface area (Å²) < 4.78 is 44.0. The normalized spacial score (nSPS) is 12.0. The number of anilines is 1. The summed E-state index contributed by atoms with van der Waals surface area (Å²) in [5.74, 6) is 1.64. The molecule has 0 amide bonds. The first-order valence-corrected chi connectivity index (χ1v) is 12.6. The van der Waals surface area contributed by atoms with Crippen molar-refractivity contribution in [3.05, 3.63) is 77.4 Å². The van der Waals surface area contributed by atoms with Gasteiger partial charge in [-0.1, -0.05) is 57.2 Å². The lowest BCUT2D eigenvalue weighted by Crippen LogP contribution is -2.26. The standard InChI is InChI=1S/C28H33NO5S/c1-28(2,3)22-13-15-24(16-14-22)35(30,31)29(4)23-10-8-9-20(17-23)11-12-21-18-25(32-5)27(34-7)26(19-21)33-6/h8-19H,1-7H3/b12-11-. The van der Waals surface area contributed by atoms with Crippen LogP contribution in [-0.2, 0) is 15.4 Å². The summed E-state index contributed by atoms with van der Waals surface area (Å²) in [6.07, 6.45) is 3.81. The lowest BCUT2D eigenvalue weighted by molar-refractivity contribution is 0.324. The van der Waals surface area contributed by atoms with Crippen LogP contribution in [0.5, 0.6) is 17.2 Å². The Kier molecular flexibility index (Phi) is 7.80. The van der Waals surface area contributed by atoms with Gasteiger partial charge in [0.2, 0.25) is 5.75 Å². The van der Waals surface area contributed by atoms with Gasteiger partial charge in [0.25, 0.3) is 10.0 Å². The largest absolute Gasteiger partial charge is 0.493 e. The molecule has 35 heavy (non-hydrogen) atoms. The van der Waals surface area contributed by atoms with Gasteiger partial charge in [-0.25, -0.2) is 8.42 Å². The summed E-state index contributed by atoms with van der Waals surface area (Å²) >= 11 is 0. The van der Waals surface area contributed by atoms with Crippen molar-refractivity contribution in [3.8, 4) is 17.2 Å². The molecule has 0 atom stereocenters. The molecule has 0 aliphatic heterocycles. The van der Waals surface area contributed by atoms with E-state index < -0.39 is 10.0 Å². The van der Waals surface area contributed by atoms with Crippen LogP contribution in [0, 0.1) is 0 Å². The van der Waals surface area contributed by atoms with Gasteiger partial charge in [0.1, 0.15) is 0 Å². The van der Waals surface area contributed by atoms with E-state index in [2.05, 4.69) is 20.8 Å². The average molecular weight is 496 g/mol. The van der Waals surface area contributed by atoms with Gasteiger partial charge in [-0.15, -0.1) is 0 Å². The van der Waals surface area contributed by atoms with Crippen LogP contribution >= 0.6 is 0 Å². The fraction of sp³-hybridized carbons (Fsp3) is 0.286. The maximum absolute atomic E-state index is 13.3. The molecule has 0 aromatic heterocycles. The monoisotopic (exact) mass is 495 g/mol. The first-order valence-electron chi connectivity index (χ1n) is 11.2. The molecule has 0 heterocycles. The summed E-state index contributed by atoms with van der Waals surface area (Å²) in [6.45, 7) is 6.29. The van der Waals surface area contributed by atoms with E-state index in [1.54, 1.807) is 46.6 Å². The first kappa shape index (κ1) is 26.2. The van der Waals surface area contributed by atoms with Gasteiger partial charge < -0.3 is 14.2 Å². The molecular weight excluding hydrogens is 462 g/mol. The van der Waals surface area contributed by atoms with E-state index in [1.165, 1.54) is 4.31 Å². The van der Waals surface area contributed by atoms with Crippen LogP contribution in [0.3, 0.4) is 0 Å². The molecule has 0 saturated heterocycles. The quantitative estimate of drug-likeness (QED) is 0.358. The SMILES string of the molecule is COc1cc(/C=C\c2cccc(N(C)S(=O)(=O)c3ccc(C(C)(C)C)cc3)c2)cc(OC)c1OC. The lowest BCUT2D eigenvalue weighted by atomic mass is 9.87. The van der Waals surface area contributed by atoms with E-state index >= 15 is 0 Å². The number of nitrogens with zero attached hydrogens (tertiary/aromatic N) is 1. The van der Waals surface area contributed by atoms with Crippen molar-refractivity contribution in [1.82, 2.24) is 0 Å². The molecule has 0 radical (unpaired) electrons. The predicted molar refractivity (Wildman–Crippen MR) is 142 cm³/mol. The number of benzene rings is 3. The van der Waals surface area contributed by atoms with Crippen molar-refractivity contribution in [3.63, 3.8) is 0 Å². The number of methoxy groups -OCH3 is 3. The summed E-state index contributed by atoms with van der Waals surface area (Å²) in [5.41, 5.74) is 3.30. The van der Waals surface area contributed by atoms with Crippen LogP contribution in [0.2, 0.25) is 0 Å². The zero-order valence-corrected chi connectivity index (χ0v) is 22.1. The summed E-state index contributed by atoms with van der Waals surface area (Å²) in [7, 11) is 2.56. The Labute approximate surface area is 208 Å². The Morgan fingerprint density at radius 1 is 0.771 bits per heavy atom. The van der Waals surface area contributed by atoms with E-state index in [0.717, 1.165) is 16.7 Å². The van der Waals surface area contributed by atoms with E-state index in [4.69, 9.17) is 14.2 Å². The third-order valence-corrected chi connectivity index (χ3v) is 7.57. The molecule has 3 aromatic carbocycles. The van der Waals surface area contributed by atoms with Crippen LogP contribution < -0.4 is 18.5 Å². The molecule has 3 rings (SSSR count). The van der Waals surface area contributed by atoms with E-state index in [1.807, 2.05) is 54.6 Å². The van der Waals surface area contributed by atoms with Crippen molar-refractivity contribution in [2.24, 2.45) is 0 Å². The molecule has 3 aromatic rings. The Morgan fingerprint density at radius 3 is 1.86 bits per heavy atom. The third kappa shape index (κ3) is 5.80. The first-order chi connectivity index (χ1) is 16.5. The van der Waals surface area contributed by atoms with Crippen molar-refractivity contribution in [1.29, 1.82) is 0 Å². The van der Waals surface area contributed by atoms with Crippen molar-refractivity contribution in [2.75, 3.05) is 32.7 Å². The highest BCUT2D eigenvalue weighted by Gasteiger charge is 2.22. The second-order valence-electron chi connectivity index (χ2n) is 9.13. The number of sulfonamides is 1. The second kappa shape index (κ2) is 10.4. The molecule has 0 saturated carbocycles. The van der Waals surface area contributed by atoms with Crippen LogP contribution in [0.15, 0.2) is 65.6 Å². The Morgan fingerprint density at radius 2 is 1.34 bits per heavy atom. The molecule has 186 valence electrons. The predicted octanol–water partition coefficient (Wildman–Crippen LogP) is 6.01. The topological polar surface area (TPSA) is 65.1 Å². The van der Waals surface area contributed by atoms with Gasteiger partial charge in [-0.05, 0) is 58.5 Å². The maximum Gasteiger partial charge on any atom is 0.264 e. The fourth-order valence-corrected chi connectivity index (χ4v) is 4.83. The molecule has 0 bridgehead atoms.